The van der Waals surface area contributed by atoms with Crippen LogP contribution in [0.5, 0.6) is 0 Å². The van der Waals surface area contributed by atoms with Crippen molar-refractivity contribution >= 4 is 22.9 Å². The van der Waals surface area contributed by atoms with Crippen molar-refractivity contribution < 1.29 is 9.72 Å². The molecule has 0 N–H and O–H groups in total. The number of carbonyl (C=O) groups is 1. The van der Waals surface area contributed by atoms with Gasteiger partial charge in [0.1, 0.15) is 0 Å². The molecule has 2 aliphatic rings. The smallest absolute Gasteiger partial charge is 0.269 e. The summed E-state index contributed by atoms with van der Waals surface area (Å²) < 4.78 is 0. The maximum atomic E-state index is 12.6. The van der Waals surface area contributed by atoms with Gasteiger partial charge in [-0.05, 0) is 30.4 Å². The van der Waals surface area contributed by atoms with E-state index in [4.69, 9.17) is 0 Å². The third-order valence-electron chi connectivity index (χ3n) is 5.60. The van der Waals surface area contributed by atoms with E-state index in [9.17, 15) is 14.9 Å². The number of benzene rings is 1. The largest absolute Gasteiger partial charge is 0.292 e. The summed E-state index contributed by atoms with van der Waals surface area (Å²) in [7, 11) is 0. The number of aliphatic imine (C=N–C) groups is 1. The van der Waals surface area contributed by atoms with E-state index in [0.29, 0.717) is 11.4 Å². The van der Waals surface area contributed by atoms with Crippen molar-refractivity contribution in [1.82, 2.24) is 0 Å². The van der Waals surface area contributed by atoms with Gasteiger partial charge in [-0.15, -0.1) is 0 Å². The Morgan fingerprint density at radius 2 is 1.86 bits per heavy atom. The lowest BCUT2D eigenvalue weighted by molar-refractivity contribution is -0.384. The molecule has 1 aromatic carbocycles. The van der Waals surface area contributed by atoms with Gasteiger partial charge in [-0.2, -0.15) is 0 Å². The number of hydrogen-bond donors (Lipinski definition) is 0. The topological polar surface area (TPSA) is 72.6 Å². The molecule has 0 heterocycles. The molecule has 5 heteroatoms. The Hall–Kier alpha value is -2.04. The standard InChI is InChI=1S/C16H18N2O3/c1-15(2)12-8-9-16(15,3)14(19)13(12)17-10-4-6-11(7-5-10)18(20)21/h4-7,12H,8-9H2,1-3H3/t12-,16+/m0/s1. The van der Waals surface area contributed by atoms with E-state index in [1.54, 1.807) is 12.1 Å². The zero-order chi connectivity index (χ0) is 15.4. The molecule has 2 saturated carbocycles. The summed E-state index contributed by atoms with van der Waals surface area (Å²) in [4.78, 5) is 27.4. The van der Waals surface area contributed by atoms with Crippen LogP contribution in [-0.4, -0.2) is 16.4 Å². The number of non-ortho nitro benzene ring substituents is 1. The van der Waals surface area contributed by atoms with Crippen LogP contribution >= 0.6 is 0 Å². The molecule has 2 atom stereocenters. The van der Waals surface area contributed by atoms with E-state index in [0.717, 1.165) is 12.8 Å². The molecule has 1 aromatic rings. The molecule has 5 nitrogen and oxygen atoms in total. The Balaban J connectivity index is 1.98. The molecule has 0 amide bonds. The monoisotopic (exact) mass is 286 g/mol. The van der Waals surface area contributed by atoms with E-state index in [1.807, 2.05) is 6.92 Å². The second kappa shape index (κ2) is 4.23. The maximum Gasteiger partial charge on any atom is 0.269 e. The van der Waals surface area contributed by atoms with Gasteiger partial charge in [0, 0.05) is 23.5 Å². The van der Waals surface area contributed by atoms with E-state index >= 15 is 0 Å². The molecule has 3 rings (SSSR count). The first-order chi connectivity index (χ1) is 9.77. The molecule has 21 heavy (non-hydrogen) atoms. The van der Waals surface area contributed by atoms with E-state index in [1.165, 1.54) is 12.1 Å². The highest BCUT2D eigenvalue weighted by Gasteiger charge is 2.64. The average Bonchev–Trinajstić information content (AvgIpc) is 2.74. The maximum absolute atomic E-state index is 12.6. The number of carbonyl (C=O) groups excluding carboxylic acids is 1. The van der Waals surface area contributed by atoms with Crippen LogP contribution in [0.15, 0.2) is 29.3 Å². The molecule has 110 valence electrons. The second-order valence-electron chi connectivity index (χ2n) is 6.74. The number of Topliss-reactive ketones (excluding diaryl/α,β-unsaturated/α-hetero) is 1. The van der Waals surface area contributed by atoms with Crippen molar-refractivity contribution in [2.24, 2.45) is 21.7 Å². The fourth-order valence-corrected chi connectivity index (χ4v) is 3.74. The van der Waals surface area contributed by atoms with E-state index in [2.05, 4.69) is 18.8 Å². The fourth-order valence-electron chi connectivity index (χ4n) is 3.74. The summed E-state index contributed by atoms with van der Waals surface area (Å²) in [6.07, 6.45) is 1.91. The number of nitro groups is 1. The highest BCUT2D eigenvalue weighted by atomic mass is 16.6. The Bertz CT molecular complexity index is 661. The molecule has 0 aromatic heterocycles. The van der Waals surface area contributed by atoms with Gasteiger partial charge in [-0.3, -0.25) is 14.9 Å². The van der Waals surface area contributed by atoms with Crippen LogP contribution in [0.25, 0.3) is 0 Å². The van der Waals surface area contributed by atoms with Crippen molar-refractivity contribution in [2.75, 3.05) is 0 Å². The van der Waals surface area contributed by atoms with Crippen molar-refractivity contribution in [1.29, 1.82) is 0 Å². The van der Waals surface area contributed by atoms with Crippen LogP contribution < -0.4 is 0 Å². The normalized spacial score (nSPS) is 31.9. The predicted octanol–water partition coefficient (Wildman–Crippen LogP) is 3.69. The van der Waals surface area contributed by atoms with Crippen molar-refractivity contribution in [2.45, 2.75) is 33.6 Å². The second-order valence-corrected chi connectivity index (χ2v) is 6.74. The fraction of sp³-hybridized carbons (Fsp3) is 0.500. The Kier molecular flexibility index (Phi) is 2.80. The summed E-state index contributed by atoms with van der Waals surface area (Å²) in [5.41, 5.74) is 0.894. The highest BCUT2D eigenvalue weighted by molar-refractivity contribution is 6.46. The van der Waals surface area contributed by atoms with Crippen LogP contribution in [0.3, 0.4) is 0 Å². The van der Waals surface area contributed by atoms with Crippen LogP contribution in [0, 0.1) is 26.9 Å². The number of hydrogen-bond acceptors (Lipinski definition) is 4. The lowest BCUT2D eigenvalue weighted by atomic mass is 9.70. The molecular weight excluding hydrogens is 268 g/mol. The summed E-state index contributed by atoms with van der Waals surface area (Å²) in [6.45, 7) is 6.32. The average molecular weight is 286 g/mol. The van der Waals surface area contributed by atoms with Gasteiger partial charge < -0.3 is 0 Å². The van der Waals surface area contributed by atoms with Gasteiger partial charge in [0.05, 0.1) is 16.3 Å². The summed E-state index contributed by atoms with van der Waals surface area (Å²) in [5.74, 6) is 0.326. The predicted molar refractivity (Wildman–Crippen MR) is 79.8 cm³/mol. The van der Waals surface area contributed by atoms with Crippen LogP contribution in [0.4, 0.5) is 11.4 Å². The number of nitrogens with zero attached hydrogens (tertiary/aromatic N) is 2. The van der Waals surface area contributed by atoms with Crippen molar-refractivity contribution in [3.8, 4) is 0 Å². The van der Waals surface area contributed by atoms with E-state index in [-0.39, 0.29) is 28.2 Å². The van der Waals surface area contributed by atoms with Gasteiger partial charge in [0.2, 0.25) is 0 Å². The lowest BCUT2D eigenvalue weighted by Crippen LogP contribution is -2.33. The molecule has 2 fully saturated rings. The first-order valence-corrected chi connectivity index (χ1v) is 7.15. The number of ketones is 1. The molecule has 2 aliphatic carbocycles. The van der Waals surface area contributed by atoms with Gasteiger partial charge in [-0.25, -0.2) is 4.99 Å². The zero-order valence-electron chi connectivity index (χ0n) is 12.4. The Labute approximate surface area is 123 Å². The number of fused-ring (bicyclic) bond motifs is 2. The molecule has 0 aliphatic heterocycles. The third kappa shape index (κ3) is 1.76. The minimum Gasteiger partial charge on any atom is -0.292 e. The Morgan fingerprint density at radius 1 is 1.24 bits per heavy atom. The van der Waals surface area contributed by atoms with Gasteiger partial charge in [0.15, 0.2) is 5.78 Å². The number of nitro benzene ring substituents is 1. The first kappa shape index (κ1) is 13.9. The van der Waals surface area contributed by atoms with E-state index < -0.39 is 4.92 Å². The third-order valence-corrected chi connectivity index (χ3v) is 5.60. The van der Waals surface area contributed by atoms with Gasteiger partial charge in [-0.1, -0.05) is 20.8 Å². The molecule has 0 saturated heterocycles. The molecule has 2 bridgehead atoms. The van der Waals surface area contributed by atoms with Crippen molar-refractivity contribution in [3.63, 3.8) is 0 Å². The molecule has 0 spiro atoms. The Morgan fingerprint density at radius 3 is 2.33 bits per heavy atom. The molecule has 0 radical (unpaired) electrons. The zero-order valence-corrected chi connectivity index (χ0v) is 12.4. The SMILES string of the molecule is CC1(C)[C@H]2CC[C@]1(C)C(=O)C2=Nc1ccc([N+](=O)[O-])cc1. The summed E-state index contributed by atoms with van der Waals surface area (Å²) in [6, 6.07) is 6.04. The minimum absolute atomic E-state index is 0.0329. The van der Waals surface area contributed by atoms with Crippen molar-refractivity contribution in [3.05, 3.63) is 34.4 Å². The van der Waals surface area contributed by atoms with Crippen LogP contribution in [0.1, 0.15) is 33.6 Å². The quantitative estimate of drug-likeness (QED) is 0.614. The van der Waals surface area contributed by atoms with Crippen LogP contribution in [0.2, 0.25) is 0 Å². The van der Waals surface area contributed by atoms with Gasteiger partial charge >= 0.3 is 0 Å². The molecular formula is C16H18N2O3. The number of rotatable bonds is 2. The molecule has 0 unspecified atom stereocenters. The minimum atomic E-state index is -0.441. The highest BCUT2D eigenvalue weighted by Crippen LogP contribution is 2.62. The first-order valence-electron chi connectivity index (χ1n) is 7.15. The lowest BCUT2D eigenvalue weighted by Gasteiger charge is -2.31. The summed E-state index contributed by atoms with van der Waals surface area (Å²) in [5, 5.41) is 10.7. The van der Waals surface area contributed by atoms with Gasteiger partial charge in [0.25, 0.3) is 5.69 Å². The summed E-state index contributed by atoms with van der Waals surface area (Å²) >= 11 is 0. The van der Waals surface area contributed by atoms with Crippen LogP contribution in [-0.2, 0) is 4.79 Å².